The van der Waals surface area contributed by atoms with E-state index in [1.165, 1.54) is 0 Å². The van der Waals surface area contributed by atoms with Gasteiger partial charge in [-0.25, -0.2) is 5.43 Å². The lowest BCUT2D eigenvalue weighted by molar-refractivity contribution is 0.241. The zero-order valence-electron chi connectivity index (χ0n) is 12.9. The summed E-state index contributed by atoms with van der Waals surface area (Å²) in [6.45, 7) is 8.02. The van der Waals surface area contributed by atoms with Crippen molar-refractivity contribution < 1.29 is 4.74 Å². The Morgan fingerprint density at radius 3 is 2.52 bits per heavy atom. The highest BCUT2D eigenvalue weighted by Gasteiger charge is 2.17. The number of nitrogens with one attached hydrogen (secondary N) is 1. The molecule has 0 saturated heterocycles. The smallest absolute Gasteiger partial charge is 0.138 e. The van der Waals surface area contributed by atoms with E-state index in [0.29, 0.717) is 0 Å². The van der Waals surface area contributed by atoms with E-state index in [1.807, 2.05) is 40.0 Å². The number of nitrogens with zero attached hydrogens (tertiary/aromatic N) is 2. The van der Waals surface area contributed by atoms with Crippen LogP contribution in [0.4, 0.5) is 0 Å². The minimum absolute atomic E-state index is 0.102. The lowest BCUT2D eigenvalue weighted by Gasteiger charge is -2.19. The first-order valence-electron chi connectivity index (χ1n) is 7.02. The maximum absolute atomic E-state index is 5.74. The number of aryl methyl sites for hydroxylation is 2. The summed E-state index contributed by atoms with van der Waals surface area (Å²) < 4.78 is 5.68. The van der Waals surface area contributed by atoms with Crippen molar-refractivity contribution in [2.45, 2.75) is 39.8 Å². The molecular formula is C16H22N4O. The summed E-state index contributed by atoms with van der Waals surface area (Å²) in [5.74, 6) is 6.47. The van der Waals surface area contributed by atoms with Gasteiger partial charge < -0.3 is 4.74 Å². The van der Waals surface area contributed by atoms with Gasteiger partial charge in [0, 0.05) is 12.4 Å². The van der Waals surface area contributed by atoms with Crippen molar-refractivity contribution in [1.82, 2.24) is 15.4 Å². The van der Waals surface area contributed by atoms with Crippen LogP contribution in [0.3, 0.4) is 0 Å². The summed E-state index contributed by atoms with van der Waals surface area (Å²) in [6, 6.07) is 3.82. The standard InChI is InChI=1S/C16H22N4O/c1-10(2)21-14-6-13(8-18-9-14)16(20-17)15-12(4)5-11(3)7-19-15/h5-10,16,20H,17H2,1-4H3. The van der Waals surface area contributed by atoms with Gasteiger partial charge in [0.2, 0.25) is 0 Å². The Morgan fingerprint density at radius 1 is 1.14 bits per heavy atom. The average Bonchev–Trinajstić information content (AvgIpc) is 2.41. The number of nitrogens with two attached hydrogens (primary N) is 1. The van der Waals surface area contributed by atoms with Crippen LogP contribution in [0.5, 0.6) is 5.75 Å². The van der Waals surface area contributed by atoms with Crippen molar-refractivity contribution in [1.29, 1.82) is 0 Å². The van der Waals surface area contributed by atoms with E-state index in [2.05, 4.69) is 21.5 Å². The van der Waals surface area contributed by atoms with Gasteiger partial charge >= 0.3 is 0 Å². The first-order chi connectivity index (χ1) is 10.0. The van der Waals surface area contributed by atoms with Crippen molar-refractivity contribution in [3.8, 4) is 5.75 Å². The van der Waals surface area contributed by atoms with E-state index in [-0.39, 0.29) is 12.1 Å². The minimum atomic E-state index is -0.214. The second-order valence-corrected chi connectivity index (χ2v) is 5.44. The van der Waals surface area contributed by atoms with Gasteiger partial charge in [-0.05, 0) is 50.5 Å². The molecule has 0 aliphatic heterocycles. The van der Waals surface area contributed by atoms with Crippen molar-refractivity contribution in [2.24, 2.45) is 5.84 Å². The highest BCUT2D eigenvalue weighted by Crippen LogP contribution is 2.25. The summed E-state index contributed by atoms with van der Waals surface area (Å²) in [6.07, 6.45) is 5.42. The Kier molecular flexibility index (Phi) is 4.88. The highest BCUT2D eigenvalue weighted by atomic mass is 16.5. The molecule has 2 aromatic rings. The number of aromatic nitrogens is 2. The molecule has 0 aliphatic rings. The van der Waals surface area contributed by atoms with Crippen LogP contribution in [0.25, 0.3) is 0 Å². The van der Waals surface area contributed by atoms with Crippen LogP contribution in [-0.2, 0) is 0 Å². The molecule has 0 amide bonds. The molecule has 2 aromatic heterocycles. The van der Waals surface area contributed by atoms with E-state index in [1.54, 1.807) is 12.4 Å². The van der Waals surface area contributed by atoms with E-state index in [0.717, 1.165) is 28.1 Å². The SMILES string of the molecule is Cc1cnc(C(NN)c2cncc(OC(C)C)c2)c(C)c1. The van der Waals surface area contributed by atoms with Gasteiger partial charge in [0.25, 0.3) is 0 Å². The van der Waals surface area contributed by atoms with Crippen LogP contribution in [0.2, 0.25) is 0 Å². The fourth-order valence-electron chi connectivity index (χ4n) is 2.29. The van der Waals surface area contributed by atoms with Crippen molar-refractivity contribution in [3.63, 3.8) is 0 Å². The van der Waals surface area contributed by atoms with Crippen LogP contribution in [-0.4, -0.2) is 16.1 Å². The Morgan fingerprint density at radius 2 is 1.90 bits per heavy atom. The minimum Gasteiger partial charge on any atom is -0.489 e. The maximum Gasteiger partial charge on any atom is 0.138 e. The second kappa shape index (κ2) is 6.65. The molecule has 2 heterocycles. The number of hydrogen-bond donors (Lipinski definition) is 2. The molecule has 0 bridgehead atoms. The van der Waals surface area contributed by atoms with Gasteiger partial charge in [-0.1, -0.05) is 6.07 Å². The fourth-order valence-corrected chi connectivity index (χ4v) is 2.29. The maximum atomic E-state index is 5.74. The van der Waals surface area contributed by atoms with E-state index >= 15 is 0 Å². The summed E-state index contributed by atoms with van der Waals surface area (Å²) >= 11 is 0. The Balaban J connectivity index is 2.37. The van der Waals surface area contributed by atoms with Crippen LogP contribution >= 0.6 is 0 Å². The van der Waals surface area contributed by atoms with E-state index in [9.17, 15) is 0 Å². The zero-order chi connectivity index (χ0) is 15.4. The van der Waals surface area contributed by atoms with Crippen LogP contribution in [0.15, 0.2) is 30.7 Å². The van der Waals surface area contributed by atoms with Gasteiger partial charge in [0.1, 0.15) is 5.75 Å². The number of ether oxygens (including phenoxy) is 1. The number of rotatable bonds is 5. The van der Waals surface area contributed by atoms with Crippen molar-refractivity contribution in [2.75, 3.05) is 0 Å². The summed E-state index contributed by atoms with van der Waals surface area (Å²) in [5.41, 5.74) is 6.86. The van der Waals surface area contributed by atoms with Crippen molar-refractivity contribution >= 4 is 0 Å². The first-order valence-corrected chi connectivity index (χ1v) is 7.02. The largest absolute Gasteiger partial charge is 0.489 e. The van der Waals surface area contributed by atoms with Crippen LogP contribution in [0.1, 0.15) is 42.3 Å². The molecule has 0 radical (unpaired) electrons. The molecular weight excluding hydrogens is 264 g/mol. The molecule has 112 valence electrons. The monoisotopic (exact) mass is 286 g/mol. The predicted octanol–water partition coefficient (Wildman–Crippen LogP) is 2.43. The normalized spacial score (nSPS) is 12.5. The first kappa shape index (κ1) is 15.4. The molecule has 5 nitrogen and oxygen atoms in total. The molecule has 1 unspecified atom stereocenters. The molecule has 21 heavy (non-hydrogen) atoms. The summed E-state index contributed by atoms with van der Waals surface area (Å²) in [4.78, 5) is 8.74. The van der Waals surface area contributed by atoms with E-state index in [4.69, 9.17) is 10.6 Å². The third-order valence-electron chi connectivity index (χ3n) is 3.14. The third-order valence-corrected chi connectivity index (χ3v) is 3.14. The molecule has 0 aliphatic carbocycles. The molecule has 0 spiro atoms. The summed E-state index contributed by atoms with van der Waals surface area (Å²) in [5, 5.41) is 0. The Bertz CT molecular complexity index is 613. The quantitative estimate of drug-likeness (QED) is 0.652. The molecule has 0 fully saturated rings. The van der Waals surface area contributed by atoms with Gasteiger partial charge in [0.15, 0.2) is 0 Å². The number of pyridine rings is 2. The number of hydrogen-bond acceptors (Lipinski definition) is 5. The molecule has 1 atom stereocenters. The van der Waals surface area contributed by atoms with Crippen LogP contribution in [0, 0.1) is 13.8 Å². The summed E-state index contributed by atoms with van der Waals surface area (Å²) in [7, 11) is 0. The molecule has 2 rings (SSSR count). The molecule has 0 saturated carbocycles. The average molecular weight is 286 g/mol. The highest BCUT2D eigenvalue weighted by molar-refractivity contribution is 5.35. The van der Waals surface area contributed by atoms with Gasteiger partial charge in [-0.15, -0.1) is 0 Å². The van der Waals surface area contributed by atoms with Crippen LogP contribution < -0.4 is 16.0 Å². The van der Waals surface area contributed by atoms with E-state index < -0.39 is 0 Å². The topological polar surface area (TPSA) is 73.1 Å². The van der Waals surface area contributed by atoms with Gasteiger partial charge in [-0.2, -0.15) is 0 Å². The fraction of sp³-hybridized carbons (Fsp3) is 0.375. The molecule has 0 aromatic carbocycles. The second-order valence-electron chi connectivity index (χ2n) is 5.44. The van der Waals surface area contributed by atoms with Gasteiger partial charge in [-0.3, -0.25) is 15.8 Å². The lowest BCUT2D eigenvalue weighted by Crippen LogP contribution is -2.30. The predicted molar refractivity (Wildman–Crippen MR) is 82.9 cm³/mol. The Hall–Kier alpha value is -1.98. The van der Waals surface area contributed by atoms with Gasteiger partial charge in [0.05, 0.1) is 24.0 Å². The lowest BCUT2D eigenvalue weighted by atomic mass is 10.0. The molecule has 3 N–H and O–H groups in total. The van der Waals surface area contributed by atoms with Crippen molar-refractivity contribution in [3.05, 3.63) is 53.1 Å². The molecule has 5 heteroatoms. The third kappa shape index (κ3) is 3.77. The number of hydrazine groups is 1. The Labute approximate surface area is 125 Å². The zero-order valence-corrected chi connectivity index (χ0v) is 12.9.